The highest BCUT2D eigenvalue weighted by Gasteiger charge is 2.05. The number of unbranched alkanes of at least 4 members (excludes halogenated alkanes) is 1. The Morgan fingerprint density at radius 1 is 1.38 bits per heavy atom. The molecule has 0 heterocycles. The second-order valence-electron chi connectivity index (χ2n) is 4.21. The lowest BCUT2D eigenvalue weighted by atomic mass is 10.2. The number of hydrogen-bond donors (Lipinski definition) is 0. The van der Waals surface area contributed by atoms with Crippen molar-refractivity contribution in [1.29, 1.82) is 5.26 Å². The molecule has 0 aromatic heterocycles. The standard InChI is InChI=1S/C16H19NO4/c1-3-4-10-21-16(18)8-6-13-5-7-14(19-2)15(12-13)20-11-9-17/h5-8,12H,3-4,10-11H2,1-2H3/b8-6+. The molecule has 0 unspecified atom stereocenters. The Bertz CT molecular complexity index is 532. The summed E-state index contributed by atoms with van der Waals surface area (Å²) in [5.41, 5.74) is 0.760. The molecule has 21 heavy (non-hydrogen) atoms. The van der Waals surface area contributed by atoms with Gasteiger partial charge in [0.15, 0.2) is 18.1 Å². The molecule has 0 atom stereocenters. The molecule has 112 valence electrons. The van der Waals surface area contributed by atoms with Crippen molar-refractivity contribution in [2.75, 3.05) is 20.3 Å². The summed E-state index contributed by atoms with van der Waals surface area (Å²) >= 11 is 0. The predicted molar refractivity (Wildman–Crippen MR) is 79.0 cm³/mol. The van der Waals surface area contributed by atoms with Gasteiger partial charge in [-0.3, -0.25) is 0 Å². The van der Waals surface area contributed by atoms with Crippen molar-refractivity contribution in [3.05, 3.63) is 29.8 Å². The smallest absolute Gasteiger partial charge is 0.330 e. The first kappa shape index (κ1) is 16.6. The summed E-state index contributed by atoms with van der Waals surface area (Å²) in [4.78, 5) is 11.5. The van der Waals surface area contributed by atoms with E-state index in [1.807, 2.05) is 13.0 Å². The molecule has 5 heteroatoms. The summed E-state index contributed by atoms with van der Waals surface area (Å²) in [6, 6.07) is 7.10. The summed E-state index contributed by atoms with van der Waals surface area (Å²) in [6.07, 6.45) is 4.84. The lowest BCUT2D eigenvalue weighted by molar-refractivity contribution is -0.137. The third kappa shape index (κ3) is 6.00. The molecule has 1 aromatic rings. The maximum Gasteiger partial charge on any atom is 0.330 e. The number of benzene rings is 1. The number of hydrogen-bond acceptors (Lipinski definition) is 5. The molecule has 0 aliphatic carbocycles. The van der Waals surface area contributed by atoms with Crippen molar-refractivity contribution < 1.29 is 19.0 Å². The lowest BCUT2D eigenvalue weighted by Gasteiger charge is -2.08. The molecule has 1 aromatic carbocycles. The van der Waals surface area contributed by atoms with Gasteiger partial charge in [-0.05, 0) is 30.2 Å². The number of methoxy groups -OCH3 is 1. The Morgan fingerprint density at radius 3 is 2.86 bits per heavy atom. The lowest BCUT2D eigenvalue weighted by Crippen LogP contribution is -2.01. The zero-order valence-corrected chi connectivity index (χ0v) is 12.3. The molecule has 0 spiro atoms. The van der Waals surface area contributed by atoms with Crippen LogP contribution in [0.3, 0.4) is 0 Å². The summed E-state index contributed by atoms with van der Waals surface area (Å²) in [6.45, 7) is 2.39. The molecule has 0 aliphatic heterocycles. The summed E-state index contributed by atoms with van der Waals surface area (Å²) in [5.74, 6) is 0.618. The zero-order valence-electron chi connectivity index (χ0n) is 12.3. The SMILES string of the molecule is CCCCOC(=O)/C=C/c1ccc(OC)c(OCC#N)c1. The molecule has 0 radical (unpaired) electrons. The average Bonchev–Trinajstić information content (AvgIpc) is 2.51. The van der Waals surface area contributed by atoms with Crippen LogP contribution in [0.4, 0.5) is 0 Å². The number of nitriles is 1. The Balaban J connectivity index is 2.70. The maximum absolute atomic E-state index is 11.5. The minimum atomic E-state index is -0.376. The number of nitrogens with zero attached hydrogens (tertiary/aromatic N) is 1. The summed E-state index contributed by atoms with van der Waals surface area (Å²) in [7, 11) is 1.52. The zero-order chi connectivity index (χ0) is 15.5. The average molecular weight is 289 g/mol. The van der Waals surface area contributed by atoms with Crippen molar-refractivity contribution in [3.63, 3.8) is 0 Å². The van der Waals surface area contributed by atoms with Crippen molar-refractivity contribution in [2.24, 2.45) is 0 Å². The Hall–Kier alpha value is -2.48. The molecule has 1 rings (SSSR count). The normalized spacial score (nSPS) is 10.1. The highest BCUT2D eigenvalue weighted by molar-refractivity contribution is 5.87. The summed E-state index contributed by atoms with van der Waals surface area (Å²) in [5, 5.41) is 8.55. The maximum atomic E-state index is 11.5. The van der Waals surface area contributed by atoms with Crippen LogP contribution in [0.25, 0.3) is 6.08 Å². The highest BCUT2D eigenvalue weighted by atomic mass is 16.5. The quantitative estimate of drug-likeness (QED) is 0.418. The Labute approximate surface area is 124 Å². The molecule has 0 saturated carbocycles. The van der Waals surface area contributed by atoms with Gasteiger partial charge in [0.2, 0.25) is 0 Å². The van der Waals surface area contributed by atoms with Gasteiger partial charge in [0.1, 0.15) is 6.07 Å². The Morgan fingerprint density at radius 2 is 2.19 bits per heavy atom. The number of carbonyl (C=O) groups excluding carboxylic acids is 1. The fraction of sp³-hybridized carbons (Fsp3) is 0.375. The number of rotatable bonds is 8. The topological polar surface area (TPSA) is 68.6 Å². The molecule has 0 bridgehead atoms. The molecule has 0 fully saturated rings. The van der Waals surface area contributed by atoms with E-state index in [9.17, 15) is 4.79 Å². The molecular weight excluding hydrogens is 270 g/mol. The van der Waals surface area contributed by atoms with Crippen molar-refractivity contribution in [2.45, 2.75) is 19.8 Å². The van der Waals surface area contributed by atoms with E-state index in [-0.39, 0.29) is 12.6 Å². The van der Waals surface area contributed by atoms with Gasteiger partial charge < -0.3 is 14.2 Å². The van der Waals surface area contributed by atoms with Crippen molar-refractivity contribution in [3.8, 4) is 17.6 Å². The summed E-state index contributed by atoms with van der Waals surface area (Å²) < 4.78 is 15.4. The van der Waals surface area contributed by atoms with Gasteiger partial charge in [-0.15, -0.1) is 0 Å². The van der Waals surface area contributed by atoms with Crippen LogP contribution in [0, 0.1) is 11.3 Å². The van der Waals surface area contributed by atoms with Gasteiger partial charge in [0.25, 0.3) is 0 Å². The molecule has 0 amide bonds. The van der Waals surface area contributed by atoms with Gasteiger partial charge in [-0.1, -0.05) is 19.4 Å². The minimum Gasteiger partial charge on any atom is -0.493 e. The first-order valence-electron chi connectivity index (χ1n) is 6.74. The van der Waals surface area contributed by atoms with Gasteiger partial charge in [0.05, 0.1) is 13.7 Å². The van der Waals surface area contributed by atoms with E-state index in [1.54, 1.807) is 24.3 Å². The third-order valence-corrected chi connectivity index (χ3v) is 2.63. The van der Waals surface area contributed by atoms with E-state index >= 15 is 0 Å². The van der Waals surface area contributed by atoms with Crippen LogP contribution < -0.4 is 9.47 Å². The second-order valence-corrected chi connectivity index (χ2v) is 4.21. The van der Waals surface area contributed by atoms with Gasteiger partial charge >= 0.3 is 5.97 Å². The molecule has 5 nitrogen and oxygen atoms in total. The third-order valence-electron chi connectivity index (χ3n) is 2.63. The monoisotopic (exact) mass is 289 g/mol. The first-order chi connectivity index (χ1) is 10.2. The fourth-order valence-corrected chi connectivity index (χ4v) is 1.55. The minimum absolute atomic E-state index is 0.0669. The van der Waals surface area contributed by atoms with E-state index in [4.69, 9.17) is 19.5 Å². The highest BCUT2D eigenvalue weighted by Crippen LogP contribution is 2.28. The van der Waals surface area contributed by atoms with Crippen LogP contribution in [0.2, 0.25) is 0 Å². The van der Waals surface area contributed by atoms with E-state index < -0.39 is 0 Å². The van der Waals surface area contributed by atoms with E-state index in [1.165, 1.54) is 13.2 Å². The van der Waals surface area contributed by atoms with Crippen LogP contribution in [-0.2, 0) is 9.53 Å². The van der Waals surface area contributed by atoms with E-state index in [0.29, 0.717) is 18.1 Å². The molecule has 0 saturated heterocycles. The fourth-order valence-electron chi connectivity index (χ4n) is 1.55. The van der Waals surface area contributed by atoms with E-state index in [0.717, 1.165) is 18.4 Å². The number of esters is 1. The van der Waals surface area contributed by atoms with Crippen molar-refractivity contribution in [1.82, 2.24) is 0 Å². The largest absolute Gasteiger partial charge is 0.493 e. The molecule has 0 N–H and O–H groups in total. The second kappa shape index (κ2) is 9.43. The van der Waals surface area contributed by atoms with Gasteiger partial charge in [0, 0.05) is 6.08 Å². The first-order valence-corrected chi connectivity index (χ1v) is 6.74. The van der Waals surface area contributed by atoms with Crippen molar-refractivity contribution >= 4 is 12.0 Å². The van der Waals surface area contributed by atoms with Crippen LogP contribution in [0.15, 0.2) is 24.3 Å². The van der Waals surface area contributed by atoms with Crippen LogP contribution >= 0.6 is 0 Å². The number of ether oxygens (including phenoxy) is 3. The Kier molecular flexibility index (Phi) is 7.44. The number of carbonyl (C=O) groups is 1. The van der Waals surface area contributed by atoms with Crippen LogP contribution in [0.5, 0.6) is 11.5 Å². The van der Waals surface area contributed by atoms with E-state index in [2.05, 4.69) is 0 Å². The van der Waals surface area contributed by atoms with Gasteiger partial charge in [-0.25, -0.2) is 4.79 Å². The molecule has 0 aliphatic rings. The predicted octanol–water partition coefficient (Wildman–Crippen LogP) is 2.95. The van der Waals surface area contributed by atoms with Crippen LogP contribution in [0.1, 0.15) is 25.3 Å². The van der Waals surface area contributed by atoms with Crippen LogP contribution in [-0.4, -0.2) is 26.3 Å². The molecular formula is C16H19NO4. The van der Waals surface area contributed by atoms with Gasteiger partial charge in [-0.2, -0.15) is 5.26 Å².